The number of hydrogen-bond acceptors (Lipinski definition) is 2. The fraction of sp³-hybridized carbons (Fsp3) is 0. The quantitative estimate of drug-likeness (QED) is 0.699. The van der Waals surface area contributed by atoms with Crippen molar-refractivity contribution in [3.8, 4) is 22.4 Å². The first-order chi connectivity index (χ1) is 9.77. The molecule has 20 heavy (non-hydrogen) atoms. The minimum Gasteiger partial charge on any atom is -0.244 e. The first-order valence-corrected chi connectivity index (χ1v) is 6.07. The summed E-state index contributed by atoms with van der Waals surface area (Å²) in [6.45, 7) is 0. The number of rotatable bonds is 2. The third-order valence-corrected chi connectivity index (χ3v) is 3.01. The van der Waals surface area contributed by atoms with Crippen molar-refractivity contribution in [2.45, 2.75) is 0 Å². The SMILES string of the molecule is Fc1ccccc1-c1cncnc1-c1ccccc1F. The Balaban J connectivity index is 2.25. The summed E-state index contributed by atoms with van der Waals surface area (Å²) in [5.74, 6) is -0.788. The largest absolute Gasteiger partial charge is 0.244 e. The van der Waals surface area contributed by atoms with Gasteiger partial charge in [-0.3, -0.25) is 0 Å². The monoisotopic (exact) mass is 268 g/mol. The van der Waals surface area contributed by atoms with E-state index >= 15 is 0 Å². The molecule has 0 amide bonds. The van der Waals surface area contributed by atoms with Crippen molar-refractivity contribution in [1.29, 1.82) is 0 Å². The molecule has 3 aromatic rings. The molecule has 4 heteroatoms. The van der Waals surface area contributed by atoms with E-state index in [1.54, 1.807) is 36.4 Å². The number of hydrogen-bond donors (Lipinski definition) is 0. The summed E-state index contributed by atoms with van der Waals surface area (Å²) < 4.78 is 27.8. The summed E-state index contributed by atoms with van der Waals surface area (Å²) in [7, 11) is 0. The van der Waals surface area contributed by atoms with Gasteiger partial charge in [-0.25, -0.2) is 18.7 Å². The Bertz CT molecular complexity index is 692. The summed E-state index contributed by atoms with van der Waals surface area (Å²) in [5, 5.41) is 0. The van der Waals surface area contributed by atoms with E-state index in [2.05, 4.69) is 9.97 Å². The first-order valence-electron chi connectivity index (χ1n) is 6.07. The van der Waals surface area contributed by atoms with Gasteiger partial charge in [-0.1, -0.05) is 30.3 Å². The van der Waals surface area contributed by atoms with Crippen molar-refractivity contribution in [2.24, 2.45) is 0 Å². The smallest absolute Gasteiger partial charge is 0.132 e. The normalized spacial score (nSPS) is 10.5. The van der Waals surface area contributed by atoms with Crippen LogP contribution in [0.4, 0.5) is 8.78 Å². The van der Waals surface area contributed by atoms with Crippen LogP contribution in [0.5, 0.6) is 0 Å². The molecule has 0 aliphatic carbocycles. The molecule has 0 saturated heterocycles. The zero-order chi connectivity index (χ0) is 13.9. The van der Waals surface area contributed by atoms with Crippen LogP contribution in [0.3, 0.4) is 0 Å². The third-order valence-electron chi connectivity index (χ3n) is 3.01. The highest BCUT2D eigenvalue weighted by Gasteiger charge is 2.14. The van der Waals surface area contributed by atoms with E-state index in [4.69, 9.17) is 0 Å². The number of nitrogens with zero attached hydrogens (tertiary/aromatic N) is 2. The van der Waals surface area contributed by atoms with E-state index < -0.39 is 5.82 Å². The average molecular weight is 268 g/mol. The van der Waals surface area contributed by atoms with Gasteiger partial charge in [-0.15, -0.1) is 0 Å². The predicted molar refractivity (Wildman–Crippen MR) is 72.8 cm³/mol. The zero-order valence-electron chi connectivity index (χ0n) is 10.4. The van der Waals surface area contributed by atoms with Crippen LogP contribution >= 0.6 is 0 Å². The molecule has 0 aliphatic heterocycles. The topological polar surface area (TPSA) is 25.8 Å². The Morgan fingerprint density at radius 1 is 0.700 bits per heavy atom. The summed E-state index contributed by atoms with van der Waals surface area (Å²) in [5.41, 5.74) is 1.53. The molecular formula is C16H10F2N2. The molecule has 0 bridgehead atoms. The van der Waals surface area contributed by atoms with Gasteiger partial charge in [0.2, 0.25) is 0 Å². The summed E-state index contributed by atoms with van der Waals surface area (Å²) in [6, 6.07) is 12.6. The van der Waals surface area contributed by atoms with Crippen LogP contribution in [-0.4, -0.2) is 9.97 Å². The lowest BCUT2D eigenvalue weighted by Crippen LogP contribution is -1.94. The molecule has 0 radical (unpaired) electrons. The van der Waals surface area contributed by atoms with Gasteiger partial charge < -0.3 is 0 Å². The second-order valence-corrected chi connectivity index (χ2v) is 4.24. The Hall–Kier alpha value is -2.62. The second kappa shape index (κ2) is 5.17. The van der Waals surface area contributed by atoms with Crippen LogP contribution in [0.15, 0.2) is 61.1 Å². The van der Waals surface area contributed by atoms with Gasteiger partial charge in [0, 0.05) is 22.9 Å². The average Bonchev–Trinajstić information content (AvgIpc) is 2.48. The van der Waals surface area contributed by atoms with Crippen molar-refractivity contribution in [3.63, 3.8) is 0 Å². The lowest BCUT2D eigenvalue weighted by molar-refractivity contribution is 0.628. The fourth-order valence-electron chi connectivity index (χ4n) is 2.07. The standard InChI is InChI=1S/C16H10F2N2/c17-14-7-3-1-5-11(14)13-9-19-10-20-16(13)12-6-2-4-8-15(12)18/h1-10H. The lowest BCUT2D eigenvalue weighted by atomic mass is 10.0. The highest BCUT2D eigenvalue weighted by Crippen LogP contribution is 2.32. The van der Waals surface area contributed by atoms with Gasteiger partial charge in [0.25, 0.3) is 0 Å². The van der Waals surface area contributed by atoms with Crippen molar-refractivity contribution in [1.82, 2.24) is 9.97 Å². The van der Waals surface area contributed by atoms with Crippen LogP contribution in [0, 0.1) is 11.6 Å². The molecule has 98 valence electrons. The van der Waals surface area contributed by atoms with Gasteiger partial charge in [-0.2, -0.15) is 0 Å². The number of aromatic nitrogens is 2. The maximum absolute atomic E-state index is 13.9. The summed E-state index contributed by atoms with van der Waals surface area (Å²) in [6.07, 6.45) is 2.82. The second-order valence-electron chi connectivity index (χ2n) is 4.24. The fourth-order valence-corrected chi connectivity index (χ4v) is 2.07. The molecule has 0 aliphatic rings. The molecule has 0 atom stereocenters. The first kappa shape index (κ1) is 12.4. The van der Waals surface area contributed by atoms with Crippen LogP contribution < -0.4 is 0 Å². The number of halogens is 2. The molecule has 0 N–H and O–H groups in total. The summed E-state index contributed by atoms with van der Waals surface area (Å²) in [4.78, 5) is 8.03. The van der Waals surface area contributed by atoms with Crippen molar-refractivity contribution < 1.29 is 8.78 Å². The van der Waals surface area contributed by atoms with Gasteiger partial charge in [0.05, 0.1) is 5.69 Å². The Morgan fingerprint density at radius 2 is 1.30 bits per heavy atom. The van der Waals surface area contributed by atoms with Crippen molar-refractivity contribution >= 4 is 0 Å². The third kappa shape index (κ3) is 2.16. The van der Waals surface area contributed by atoms with E-state index in [0.29, 0.717) is 22.4 Å². The van der Waals surface area contributed by atoms with E-state index in [1.165, 1.54) is 24.7 Å². The molecular weight excluding hydrogens is 258 g/mol. The lowest BCUT2D eigenvalue weighted by Gasteiger charge is -2.09. The van der Waals surface area contributed by atoms with Gasteiger partial charge in [0.15, 0.2) is 0 Å². The maximum Gasteiger partial charge on any atom is 0.132 e. The molecule has 2 nitrogen and oxygen atoms in total. The molecule has 1 aromatic heterocycles. The van der Waals surface area contributed by atoms with Crippen molar-refractivity contribution in [2.75, 3.05) is 0 Å². The Labute approximate surface area is 114 Å². The van der Waals surface area contributed by atoms with Crippen LogP contribution in [0.2, 0.25) is 0 Å². The van der Waals surface area contributed by atoms with E-state index in [9.17, 15) is 8.78 Å². The maximum atomic E-state index is 13.9. The van der Waals surface area contributed by atoms with Gasteiger partial charge in [-0.05, 0) is 18.2 Å². The molecule has 0 saturated carbocycles. The molecule has 3 rings (SSSR count). The highest BCUT2D eigenvalue weighted by molar-refractivity contribution is 5.80. The molecule has 0 spiro atoms. The van der Waals surface area contributed by atoms with Crippen molar-refractivity contribution in [3.05, 3.63) is 72.7 Å². The molecule has 1 heterocycles. The van der Waals surface area contributed by atoms with Gasteiger partial charge >= 0.3 is 0 Å². The van der Waals surface area contributed by atoms with Crippen LogP contribution in [-0.2, 0) is 0 Å². The summed E-state index contributed by atoms with van der Waals surface area (Å²) >= 11 is 0. The minimum atomic E-state index is -0.399. The zero-order valence-corrected chi connectivity index (χ0v) is 10.4. The number of benzene rings is 2. The van der Waals surface area contributed by atoms with E-state index in [-0.39, 0.29) is 5.82 Å². The molecule has 0 fully saturated rings. The van der Waals surface area contributed by atoms with Crippen LogP contribution in [0.1, 0.15) is 0 Å². The Morgan fingerprint density at radius 3 is 1.95 bits per heavy atom. The Kier molecular flexibility index (Phi) is 3.21. The molecule has 0 unspecified atom stereocenters. The van der Waals surface area contributed by atoms with Gasteiger partial charge in [0.1, 0.15) is 18.0 Å². The van der Waals surface area contributed by atoms with Crippen LogP contribution in [0.25, 0.3) is 22.4 Å². The minimum absolute atomic E-state index is 0.327. The van der Waals surface area contributed by atoms with E-state index in [0.717, 1.165) is 0 Å². The predicted octanol–water partition coefficient (Wildman–Crippen LogP) is 4.09. The highest BCUT2D eigenvalue weighted by atomic mass is 19.1. The molecule has 2 aromatic carbocycles. The van der Waals surface area contributed by atoms with E-state index in [1.807, 2.05) is 0 Å².